The van der Waals surface area contributed by atoms with E-state index in [9.17, 15) is 4.79 Å². The normalized spacial score (nSPS) is 14.3. The van der Waals surface area contributed by atoms with Crippen molar-refractivity contribution < 1.29 is 0 Å². The lowest BCUT2D eigenvalue weighted by atomic mass is 10.1. The molecule has 29 heavy (non-hydrogen) atoms. The molecule has 1 N–H and O–H groups in total. The first-order chi connectivity index (χ1) is 14.1. The van der Waals surface area contributed by atoms with Gasteiger partial charge in [-0.3, -0.25) is 9.69 Å². The molecule has 0 bridgehead atoms. The molecule has 3 heterocycles. The lowest BCUT2D eigenvalue weighted by Gasteiger charge is -2.27. The van der Waals surface area contributed by atoms with Crippen LogP contribution < -0.4 is 5.56 Å². The van der Waals surface area contributed by atoms with Gasteiger partial charge in [0.2, 0.25) is 0 Å². The maximum Gasteiger partial charge on any atom is 0.255 e. The molecule has 0 fully saturated rings. The van der Waals surface area contributed by atoms with E-state index >= 15 is 0 Å². The van der Waals surface area contributed by atoms with Crippen LogP contribution in [0.3, 0.4) is 0 Å². The van der Waals surface area contributed by atoms with Gasteiger partial charge in [0.1, 0.15) is 5.82 Å². The van der Waals surface area contributed by atoms with E-state index in [4.69, 9.17) is 16.6 Å². The highest BCUT2D eigenvalue weighted by molar-refractivity contribution is 6.30. The Kier molecular flexibility index (Phi) is 4.49. The number of aromatic nitrogens is 3. The molecule has 2 aromatic carbocycles. The largest absolute Gasteiger partial charge is 0.346 e. The predicted molar refractivity (Wildman–Crippen MR) is 116 cm³/mol. The molecule has 5 nitrogen and oxygen atoms in total. The number of hydrogen-bond acceptors (Lipinski definition) is 3. The summed E-state index contributed by atoms with van der Waals surface area (Å²) in [6, 6.07) is 18.0. The second-order valence-corrected chi connectivity index (χ2v) is 8.00. The van der Waals surface area contributed by atoms with Crippen LogP contribution in [0.1, 0.15) is 17.0 Å². The van der Waals surface area contributed by atoms with Gasteiger partial charge < -0.3 is 9.55 Å². The molecule has 1 aliphatic rings. The molecule has 0 radical (unpaired) electrons. The van der Waals surface area contributed by atoms with Crippen molar-refractivity contribution >= 4 is 22.5 Å². The van der Waals surface area contributed by atoms with Gasteiger partial charge in [-0.25, -0.2) is 4.98 Å². The summed E-state index contributed by atoms with van der Waals surface area (Å²) in [6.45, 7) is 2.30. The fourth-order valence-corrected chi connectivity index (χ4v) is 4.21. The number of nitrogens with zero attached hydrogens (tertiary/aromatic N) is 3. The molecule has 0 saturated carbocycles. The van der Waals surface area contributed by atoms with Crippen LogP contribution >= 0.6 is 11.6 Å². The van der Waals surface area contributed by atoms with E-state index in [0.717, 1.165) is 36.3 Å². The van der Waals surface area contributed by atoms with Crippen LogP contribution in [0.25, 0.3) is 22.3 Å². The van der Waals surface area contributed by atoms with Crippen molar-refractivity contribution in [1.29, 1.82) is 0 Å². The summed E-state index contributed by atoms with van der Waals surface area (Å²) < 4.78 is 2.23. The summed E-state index contributed by atoms with van der Waals surface area (Å²) in [5.74, 6) is 0.604. The summed E-state index contributed by atoms with van der Waals surface area (Å²) in [7, 11) is 2.10. The lowest BCUT2D eigenvalue weighted by Crippen LogP contribution is -2.35. The maximum atomic E-state index is 12.8. The number of aromatic amines is 1. The molecule has 0 unspecified atom stereocenters. The van der Waals surface area contributed by atoms with E-state index in [-0.39, 0.29) is 5.56 Å². The zero-order valence-corrected chi connectivity index (χ0v) is 16.9. The van der Waals surface area contributed by atoms with Crippen molar-refractivity contribution in [2.24, 2.45) is 7.05 Å². The van der Waals surface area contributed by atoms with Crippen LogP contribution in [0.4, 0.5) is 0 Å². The molecule has 5 rings (SSSR count). The molecule has 4 aromatic rings. The van der Waals surface area contributed by atoms with Gasteiger partial charge in [-0.2, -0.15) is 0 Å². The monoisotopic (exact) mass is 404 g/mol. The second kappa shape index (κ2) is 7.17. The van der Waals surface area contributed by atoms with Gasteiger partial charge in [0.05, 0.1) is 11.3 Å². The Morgan fingerprint density at radius 2 is 1.93 bits per heavy atom. The minimum absolute atomic E-state index is 0.0540. The minimum Gasteiger partial charge on any atom is -0.346 e. The predicted octanol–water partition coefficient (Wildman–Crippen LogP) is 4.14. The van der Waals surface area contributed by atoms with E-state index in [1.807, 2.05) is 24.3 Å². The van der Waals surface area contributed by atoms with Crippen molar-refractivity contribution in [1.82, 2.24) is 19.4 Å². The number of halogens is 1. The summed E-state index contributed by atoms with van der Waals surface area (Å²) >= 11 is 5.97. The number of H-pyrrole nitrogens is 1. The summed E-state index contributed by atoms with van der Waals surface area (Å²) in [5, 5.41) is 1.91. The van der Waals surface area contributed by atoms with Crippen molar-refractivity contribution in [2.45, 2.75) is 19.5 Å². The Hall–Kier alpha value is -2.89. The summed E-state index contributed by atoms with van der Waals surface area (Å²) in [6.07, 6.45) is 0.768. The first-order valence-corrected chi connectivity index (χ1v) is 10.1. The van der Waals surface area contributed by atoms with Gasteiger partial charge in [-0.05, 0) is 41.8 Å². The van der Waals surface area contributed by atoms with Gasteiger partial charge >= 0.3 is 0 Å². The average molecular weight is 405 g/mol. The minimum atomic E-state index is -0.0540. The Morgan fingerprint density at radius 1 is 1.14 bits per heavy atom. The van der Waals surface area contributed by atoms with Gasteiger partial charge in [-0.1, -0.05) is 29.8 Å². The molecule has 146 valence electrons. The van der Waals surface area contributed by atoms with E-state index in [0.29, 0.717) is 17.4 Å². The molecule has 0 spiro atoms. The number of aryl methyl sites for hydroxylation is 1. The zero-order chi connectivity index (χ0) is 20.0. The number of nitrogens with one attached hydrogen (secondary N) is 1. The fourth-order valence-electron chi connectivity index (χ4n) is 4.09. The Labute approximate surface area is 173 Å². The highest BCUT2D eigenvalue weighted by Gasteiger charge is 2.22. The van der Waals surface area contributed by atoms with Crippen LogP contribution in [0.15, 0.2) is 59.4 Å². The molecule has 1 aliphatic heterocycles. The number of hydrogen-bond donors (Lipinski definition) is 1. The van der Waals surface area contributed by atoms with Gasteiger partial charge in [0.15, 0.2) is 0 Å². The van der Waals surface area contributed by atoms with E-state index in [2.05, 4.69) is 51.8 Å². The molecule has 0 amide bonds. The van der Waals surface area contributed by atoms with E-state index in [1.165, 1.54) is 16.6 Å². The number of rotatable bonds is 3. The second-order valence-electron chi connectivity index (χ2n) is 7.56. The molecule has 2 aromatic heterocycles. The number of para-hydroxylation sites is 1. The lowest BCUT2D eigenvalue weighted by molar-refractivity contribution is 0.237. The third-order valence-electron chi connectivity index (χ3n) is 5.70. The van der Waals surface area contributed by atoms with Crippen molar-refractivity contribution in [3.05, 3.63) is 86.9 Å². The van der Waals surface area contributed by atoms with Crippen molar-refractivity contribution in [3.8, 4) is 11.4 Å². The highest BCUT2D eigenvalue weighted by atomic mass is 35.5. The van der Waals surface area contributed by atoms with Crippen LogP contribution in [0, 0.1) is 0 Å². The molecular weight excluding hydrogens is 384 g/mol. The van der Waals surface area contributed by atoms with Gasteiger partial charge in [0.25, 0.3) is 5.56 Å². The van der Waals surface area contributed by atoms with Crippen molar-refractivity contribution in [2.75, 3.05) is 6.54 Å². The molecule has 0 aliphatic carbocycles. The Morgan fingerprint density at radius 3 is 2.72 bits per heavy atom. The zero-order valence-electron chi connectivity index (χ0n) is 16.2. The molecule has 6 heteroatoms. The third kappa shape index (κ3) is 3.37. The SMILES string of the molecule is Cn1c(CN2CCc3nc(-c4ccc(Cl)cc4)[nH]c(=O)c3C2)cc2ccccc21. The first kappa shape index (κ1) is 18.2. The summed E-state index contributed by atoms with van der Waals surface area (Å²) in [4.78, 5) is 22.8. The van der Waals surface area contributed by atoms with Crippen molar-refractivity contribution in [3.63, 3.8) is 0 Å². The number of benzene rings is 2. The average Bonchev–Trinajstić information content (AvgIpc) is 3.04. The Balaban J connectivity index is 1.41. The van der Waals surface area contributed by atoms with E-state index < -0.39 is 0 Å². The smallest absolute Gasteiger partial charge is 0.255 e. The molecule has 0 atom stereocenters. The topological polar surface area (TPSA) is 53.9 Å². The summed E-state index contributed by atoms with van der Waals surface area (Å²) in [5.41, 5.74) is 4.96. The Bertz CT molecular complexity index is 1260. The van der Waals surface area contributed by atoms with Crippen LogP contribution in [0.5, 0.6) is 0 Å². The standard InChI is InChI=1S/C23H21ClN4O/c1-27-18(12-16-4-2-3-5-21(16)27)13-28-11-10-20-19(14-28)23(29)26-22(25-20)15-6-8-17(24)9-7-15/h2-9,12H,10-11,13-14H2,1H3,(H,25,26,29). The van der Waals surface area contributed by atoms with Crippen LogP contribution in [0.2, 0.25) is 5.02 Å². The van der Waals surface area contributed by atoms with Crippen LogP contribution in [-0.2, 0) is 26.6 Å². The van der Waals surface area contributed by atoms with Gasteiger partial charge in [-0.15, -0.1) is 0 Å². The molecule has 0 saturated heterocycles. The number of fused-ring (bicyclic) bond motifs is 2. The maximum absolute atomic E-state index is 12.8. The van der Waals surface area contributed by atoms with E-state index in [1.54, 1.807) is 0 Å². The fraction of sp³-hybridized carbons (Fsp3) is 0.217. The van der Waals surface area contributed by atoms with Gasteiger partial charge in [0, 0.05) is 54.9 Å². The molecular formula is C23H21ClN4O. The van der Waals surface area contributed by atoms with Crippen LogP contribution in [-0.4, -0.2) is 26.0 Å². The highest BCUT2D eigenvalue weighted by Crippen LogP contribution is 2.23. The first-order valence-electron chi connectivity index (χ1n) is 9.72. The quantitative estimate of drug-likeness (QED) is 0.558. The third-order valence-corrected chi connectivity index (χ3v) is 5.95.